The van der Waals surface area contributed by atoms with Crippen molar-refractivity contribution in [3.8, 4) is 0 Å². The highest BCUT2D eigenvalue weighted by atomic mass is 16.2. The highest BCUT2D eigenvalue weighted by Gasteiger charge is 2.28. The molecule has 0 bridgehead atoms. The maximum absolute atomic E-state index is 11.6. The van der Waals surface area contributed by atoms with Crippen LogP contribution in [-0.4, -0.2) is 41.3 Å². The zero-order valence-electron chi connectivity index (χ0n) is 14.6. The largest absolute Gasteiger partial charge is 0.357 e. The second-order valence-electron chi connectivity index (χ2n) is 5.96. The summed E-state index contributed by atoms with van der Waals surface area (Å²) < 4.78 is 1.88. The van der Waals surface area contributed by atoms with Crippen LogP contribution in [0.2, 0.25) is 0 Å². The summed E-state index contributed by atoms with van der Waals surface area (Å²) in [5.74, 6) is 1.19. The normalized spacial score (nSPS) is 14.7. The zero-order valence-corrected chi connectivity index (χ0v) is 14.6. The van der Waals surface area contributed by atoms with Crippen molar-refractivity contribution < 1.29 is 4.79 Å². The Hall–Kier alpha value is -2.05. The summed E-state index contributed by atoms with van der Waals surface area (Å²) in [5, 5.41) is 13.8. The molecular formula is C16H28N6O. The molecule has 0 unspecified atom stereocenters. The number of rotatable bonds is 7. The summed E-state index contributed by atoms with van der Waals surface area (Å²) in [7, 11) is 1.95. The monoisotopic (exact) mass is 320 g/mol. The molecule has 1 fully saturated rings. The Kier molecular flexibility index (Phi) is 6.01. The van der Waals surface area contributed by atoms with Gasteiger partial charge >= 0.3 is 0 Å². The van der Waals surface area contributed by atoms with Crippen molar-refractivity contribution in [1.82, 2.24) is 25.7 Å². The van der Waals surface area contributed by atoms with E-state index in [2.05, 4.69) is 33.0 Å². The van der Waals surface area contributed by atoms with Gasteiger partial charge in [0.25, 0.3) is 0 Å². The third-order valence-electron chi connectivity index (χ3n) is 4.06. The van der Waals surface area contributed by atoms with E-state index in [4.69, 9.17) is 0 Å². The van der Waals surface area contributed by atoms with Crippen molar-refractivity contribution in [1.29, 1.82) is 0 Å². The summed E-state index contributed by atoms with van der Waals surface area (Å²) in [6.07, 6.45) is 2.07. The first-order valence-electron chi connectivity index (χ1n) is 8.31. The molecule has 1 amide bonds. The lowest BCUT2D eigenvalue weighted by molar-refractivity contribution is -0.122. The Morgan fingerprint density at radius 1 is 1.26 bits per heavy atom. The van der Waals surface area contributed by atoms with E-state index in [-0.39, 0.29) is 11.8 Å². The van der Waals surface area contributed by atoms with Crippen LogP contribution in [0.3, 0.4) is 0 Å². The van der Waals surface area contributed by atoms with Gasteiger partial charge in [0.1, 0.15) is 0 Å². The average Bonchev–Trinajstić information content (AvgIpc) is 3.32. The molecule has 1 saturated carbocycles. The smallest absolute Gasteiger partial charge is 0.223 e. The van der Waals surface area contributed by atoms with Gasteiger partial charge in [-0.2, -0.15) is 5.10 Å². The van der Waals surface area contributed by atoms with E-state index in [1.807, 2.05) is 25.6 Å². The number of nitrogens with one attached hydrogen (secondary N) is 3. The molecule has 1 aromatic heterocycles. The SMILES string of the molecule is CCNC(=NCc1c(C)nn(C)c1C)NCCNC(=O)C1CC1. The lowest BCUT2D eigenvalue weighted by Crippen LogP contribution is -2.41. The number of aryl methyl sites for hydroxylation is 2. The molecule has 0 radical (unpaired) electrons. The van der Waals surface area contributed by atoms with Crippen molar-refractivity contribution in [2.75, 3.05) is 19.6 Å². The first-order valence-corrected chi connectivity index (χ1v) is 8.31. The van der Waals surface area contributed by atoms with Gasteiger partial charge < -0.3 is 16.0 Å². The molecule has 0 spiro atoms. The van der Waals surface area contributed by atoms with E-state index < -0.39 is 0 Å². The van der Waals surface area contributed by atoms with Crippen LogP contribution in [0.5, 0.6) is 0 Å². The summed E-state index contributed by atoms with van der Waals surface area (Å²) in [6, 6.07) is 0. The van der Waals surface area contributed by atoms with Gasteiger partial charge in [0.15, 0.2) is 5.96 Å². The average molecular weight is 320 g/mol. The Labute approximate surface area is 137 Å². The van der Waals surface area contributed by atoms with Crippen LogP contribution < -0.4 is 16.0 Å². The van der Waals surface area contributed by atoms with E-state index in [9.17, 15) is 4.79 Å². The fraction of sp³-hybridized carbons (Fsp3) is 0.688. The maximum Gasteiger partial charge on any atom is 0.223 e. The van der Waals surface area contributed by atoms with Crippen molar-refractivity contribution in [3.05, 3.63) is 17.0 Å². The van der Waals surface area contributed by atoms with Crippen LogP contribution in [0.1, 0.15) is 36.7 Å². The van der Waals surface area contributed by atoms with Gasteiger partial charge in [0.05, 0.1) is 12.2 Å². The molecule has 0 aromatic carbocycles. The summed E-state index contributed by atoms with van der Waals surface area (Å²) in [5.41, 5.74) is 3.31. The zero-order chi connectivity index (χ0) is 16.8. The Morgan fingerprint density at radius 2 is 1.96 bits per heavy atom. The van der Waals surface area contributed by atoms with E-state index in [1.54, 1.807) is 0 Å². The van der Waals surface area contributed by atoms with Crippen molar-refractivity contribution in [3.63, 3.8) is 0 Å². The second-order valence-corrected chi connectivity index (χ2v) is 5.96. The summed E-state index contributed by atoms with van der Waals surface area (Å²) >= 11 is 0. The molecule has 1 aliphatic rings. The number of guanidine groups is 1. The van der Waals surface area contributed by atoms with E-state index in [1.165, 1.54) is 0 Å². The van der Waals surface area contributed by atoms with Crippen LogP contribution in [-0.2, 0) is 18.4 Å². The first-order chi connectivity index (χ1) is 11.0. The van der Waals surface area contributed by atoms with Gasteiger partial charge in [-0.1, -0.05) is 0 Å². The van der Waals surface area contributed by atoms with Gasteiger partial charge in [0.2, 0.25) is 5.91 Å². The van der Waals surface area contributed by atoms with Crippen LogP contribution in [0.25, 0.3) is 0 Å². The van der Waals surface area contributed by atoms with Gasteiger partial charge in [-0.25, -0.2) is 4.99 Å². The number of carbonyl (C=O) groups excluding carboxylic acids is 1. The third-order valence-corrected chi connectivity index (χ3v) is 4.06. The van der Waals surface area contributed by atoms with Crippen molar-refractivity contribution in [2.24, 2.45) is 18.0 Å². The Morgan fingerprint density at radius 3 is 2.52 bits per heavy atom. The second kappa shape index (κ2) is 7.99. The molecule has 3 N–H and O–H groups in total. The van der Waals surface area contributed by atoms with Gasteiger partial charge in [-0.15, -0.1) is 0 Å². The number of nitrogens with zero attached hydrogens (tertiary/aromatic N) is 3. The first kappa shape index (κ1) is 17.3. The van der Waals surface area contributed by atoms with Gasteiger partial charge in [0, 0.05) is 43.9 Å². The molecule has 23 heavy (non-hydrogen) atoms. The molecule has 1 heterocycles. The topological polar surface area (TPSA) is 83.3 Å². The molecule has 7 nitrogen and oxygen atoms in total. The number of aromatic nitrogens is 2. The van der Waals surface area contributed by atoms with Crippen molar-refractivity contribution in [2.45, 2.75) is 40.2 Å². The lowest BCUT2D eigenvalue weighted by atomic mass is 10.2. The molecule has 128 valence electrons. The van der Waals surface area contributed by atoms with Crippen LogP contribution in [0.4, 0.5) is 0 Å². The van der Waals surface area contributed by atoms with E-state index >= 15 is 0 Å². The molecule has 0 saturated heterocycles. The minimum atomic E-state index is 0.176. The third kappa shape index (κ3) is 4.97. The van der Waals surface area contributed by atoms with Crippen LogP contribution in [0, 0.1) is 19.8 Å². The maximum atomic E-state index is 11.6. The lowest BCUT2D eigenvalue weighted by Gasteiger charge is -2.12. The fourth-order valence-corrected chi connectivity index (χ4v) is 2.40. The number of carbonyl (C=O) groups is 1. The molecule has 0 atom stereocenters. The molecule has 2 rings (SSSR count). The van der Waals surface area contributed by atoms with Crippen molar-refractivity contribution >= 4 is 11.9 Å². The number of amides is 1. The number of hydrogen-bond donors (Lipinski definition) is 3. The highest BCUT2D eigenvalue weighted by molar-refractivity contribution is 5.81. The van der Waals surface area contributed by atoms with Gasteiger partial charge in [-0.05, 0) is 33.6 Å². The molecular weight excluding hydrogens is 292 g/mol. The predicted molar refractivity (Wildman–Crippen MR) is 91.2 cm³/mol. The molecule has 1 aliphatic carbocycles. The summed E-state index contributed by atoms with van der Waals surface area (Å²) in [6.45, 7) is 8.76. The standard InChI is InChI=1S/C16H28N6O/c1-5-17-16(19-9-8-18-15(23)13-6-7-13)20-10-14-11(2)21-22(4)12(14)3/h13H,5-10H2,1-4H3,(H,18,23)(H2,17,19,20). The van der Waals surface area contributed by atoms with Gasteiger partial charge in [-0.3, -0.25) is 9.48 Å². The quantitative estimate of drug-likeness (QED) is 0.391. The number of hydrogen-bond acceptors (Lipinski definition) is 3. The van der Waals surface area contributed by atoms with E-state index in [0.717, 1.165) is 42.3 Å². The predicted octanol–water partition coefficient (Wildman–Crippen LogP) is 0.618. The number of aliphatic imine (C=N–C) groups is 1. The fourth-order valence-electron chi connectivity index (χ4n) is 2.40. The minimum Gasteiger partial charge on any atom is -0.357 e. The van der Waals surface area contributed by atoms with E-state index in [0.29, 0.717) is 19.6 Å². The highest BCUT2D eigenvalue weighted by Crippen LogP contribution is 2.28. The van der Waals surface area contributed by atoms with Crippen LogP contribution in [0.15, 0.2) is 4.99 Å². The Balaban J connectivity index is 1.82. The summed E-state index contributed by atoms with van der Waals surface area (Å²) in [4.78, 5) is 16.2. The molecule has 0 aliphatic heterocycles. The van der Waals surface area contributed by atoms with Crippen LogP contribution >= 0.6 is 0 Å². The molecule has 1 aromatic rings. The minimum absolute atomic E-state index is 0.176. The Bertz CT molecular complexity index is 573. The molecule has 7 heteroatoms.